The average molecular weight is 428 g/mol. The Morgan fingerprint density at radius 2 is 1.58 bits per heavy atom. The first-order valence-corrected chi connectivity index (χ1v) is 9.67. The third kappa shape index (κ3) is 7.18. The fourth-order valence-corrected chi connectivity index (χ4v) is 3.09. The third-order valence-electron chi connectivity index (χ3n) is 4.79. The standard InChI is InChI=1S/C11H12N2O3.C10H12N2O3/c1-8(14)12-5-4-9-2-3-11(13(15)16)6-10(9)7-12;1-8(13)11-7-6-9-2-4-10(5-3-9)12(14)15/h2-3,6H,4-5,7H2,1H3;2-5H,6-7H2,1H3,(H,11,13). The van der Waals surface area contributed by atoms with Gasteiger partial charge < -0.3 is 10.2 Å². The molecule has 0 aliphatic carbocycles. The van der Waals surface area contributed by atoms with Crippen molar-refractivity contribution in [3.63, 3.8) is 0 Å². The number of amides is 2. The number of carbonyl (C=O) groups is 2. The second-order valence-electron chi connectivity index (χ2n) is 7.06. The van der Waals surface area contributed by atoms with Crippen LogP contribution >= 0.6 is 0 Å². The van der Waals surface area contributed by atoms with E-state index in [1.807, 2.05) is 0 Å². The Balaban J connectivity index is 0.000000221. The van der Waals surface area contributed by atoms with Gasteiger partial charge in [-0.25, -0.2) is 0 Å². The predicted molar refractivity (Wildman–Crippen MR) is 113 cm³/mol. The molecular weight excluding hydrogens is 404 g/mol. The Kier molecular flexibility index (Phi) is 8.18. The monoisotopic (exact) mass is 428 g/mol. The topological polar surface area (TPSA) is 136 Å². The van der Waals surface area contributed by atoms with Gasteiger partial charge in [0.1, 0.15) is 0 Å². The van der Waals surface area contributed by atoms with Gasteiger partial charge >= 0.3 is 0 Å². The number of hydrogen-bond acceptors (Lipinski definition) is 6. The van der Waals surface area contributed by atoms with Crippen LogP contribution in [0.5, 0.6) is 0 Å². The van der Waals surface area contributed by atoms with Crippen molar-refractivity contribution in [1.29, 1.82) is 0 Å². The van der Waals surface area contributed by atoms with Gasteiger partial charge in [-0.1, -0.05) is 18.2 Å². The van der Waals surface area contributed by atoms with E-state index in [9.17, 15) is 29.8 Å². The van der Waals surface area contributed by atoms with E-state index in [2.05, 4.69) is 5.32 Å². The van der Waals surface area contributed by atoms with Crippen LogP contribution in [0.15, 0.2) is 42.5 Å². The quantitative estimate of drug-likeness (QED) is 0.574. The molecule has 2 aromatic carbocycles. The first-order valence-electron chi connectivity index (χ1n) is 9.67. The lowest BCUT2D eigenvalue weighted by Gasteiger charge is -2.27. The fraction of sp³-hybridized carbons (Fsp3) is 0.333. The summed E-state index contributed by atoms with van der Waals surface area (Å²) in [6.45, 7) is 4.69. The molecule has 0 bridgehead atoms. The largest absolute Gasteiger partial charge is 0.356 e. The molecule has 0 spiro atoms. The van der Waals surface area contributed by atoms with Crippen LogP contribution in [-0.2, 0) is 29.0 Å². The molecule has 3 rings (SSSR count). The van der Waals surface area contributed by atoms with Crippen LogP contribution in [0.25, 0.3) is 0 Å². The maximum atomic E-state index is 11.2. The van der Waals surface area contributed by atoms with Gasteiger partial charge in [-0.2, -0.15) is 0 Å². The van der Waals surface area contributed by atoms with E-state index < -0.39 is 9.85 Å². The molecule has 10 heteroatoms. The van der Waals surface area contributed by atoms with Crippen molar-refractivity contribution < 1.29 is 19.4 Å². The molecule has 0 aromatic heterocycles. The first-order chi connectivity index (χ1) is 14.7. The van der Waals surface area contributed by atoms with Crippen molar-refractivity contribution in [3.05, 3.63) is 79.4 Å². The minimum absolute atomic E-state index is 0.0113. The first kappa shape index (κ1) is 23.5. The summed E-state index contributed by atoms with van der Waals surface area (Å²) in [6, 6.07) is 11.2. The highest BCUT2D eigenvalue weighted by atomic mass is 16.6. The Hall–Kier alpha value is -3.82. The van der Waals surface area contributed by atoms with Gasteiger partial charge in [0.05, 0.1) is 9.85 Å². The molecule has 0 unspecified atom stereocenters. The molecule has 0 fully saturated rings. The minimum atomic E-state index is -0.433. The lowest BCUT2D eigenvalue weighted by atomic mass is 9.99. The van der Waals surface area contributed by atoms with E-state index >= 15 is 0 Å². The lowest BCUT2D eigenvalue weighted by molar-refractivity contribution is -0.385. The van der Waals surface area contributed by atoms with Crippen LogP contribution in [0.1, 0.15) is 30.5 Å². The van der Waals surface area contributed by atoms with Crippen molar-refractivity contribution in [2.75, 3.05) is 13.1 Å². The maximum Gasteiger partial charge on any atom is 0.269 e. The number of carbonyl (C=O) groups excluding carboxylic acids is 2. The molecule has 0 radical (unpaired) electrons. The summed E-state index contributed by atoms with van der Waals surface area (Å²) in [6.07, 6.45) is 1.45. The summed E-state index contributed by atoms with van der Waals surface area (Å²) in [5.41, 5.74) is 3.12. The molecule has 31 heavy (non-hydrogen) atoms. The predicted octanol–water partition coefficient (Wildman–Crippen LogP) is 2.77. The van der Waals surface area contributed by atoms with Crippen LogP contribution in [0.2, 0.25) is 0 Å². The van der Waals surface area contributed by atoms with Gasteiger partial charge in [0.2, 0.25) is 11.8 Å². The molecule has 164 valence electrons. The van der Waals surface area contributed by atoms with Crippen molar-refractivity contribution >= 4 is 23.2 Å². The highest BCUT2D eigenvalue weighted by Crippen LogP contribution is 2.23. The average Bonchev–Trinajstić information content (AvgIpc) is 2.73. The van der Waals surface area contributed by atoms with Crippen molar-refractivity contribution in [3.8, 4) is 0 Å². The van der Waals surface area contributed by atoms with Crippen LogP contribution in [0.4, 0.5) is 11.4 Å². The van der Waals surface area contributed by atoms with E-state index in [0.29, 0.717) is 26.1 Å². The molecule has 0 atom stereocenters. The summed E-state index contributed by atoms with van der Waals surface area (Å²) in [4.78, 5) is 43.6. The zero-order valence-corrected chi connectivity index (χ0v) is 17.4. The van der Waals surface area contributed by atoms with E-state index in [4.69, 9.17) is 0 Å². The van der Waals surface area contributed by atoms with Gasteiger partial charge in [0.25, 0.3) is 11.4 Å². The lowest BCUT2D eigenvalue weighted by Crippen LogP contribution is -2.34. The van der Waals surface area contributed by atoms with E-state index in [-0.39, 0.29) is 23.2 Å². The Labute approximate surface area is 179 Å². The summed E-state index contributed by atoms with van der Waals surface area (Å²) < 4.78 is 0. The van der Waals surface area contributed by atoms with Gasteiger partial charge in [-0.05, 0) is 29.5 Å². The molecule has 1 heterocycles. The molecule has 1 N–H and O–H groups in total. The second-order valence-corrected chi connectivity index (χ2v) is 7.06. The number of rotatable bonds is 5. The second kappa shape index (κ2) is 10.8. The van der Waals surface area contributed by atoms with Crippen molar-refractivity contribution in [2.45, 2.75) is 33.2 Å². The SMILES string of the molecule is CC(=O)N1CCc2ccc([N+](=O)[O-])cc2C1.CC(=O)NCCc1ccc([N+](=O)[O-])cc1. The summed E-state index contributed by atoms with van der Waals surface area (Å²) in [5.74, 6) is -0.0610. The molecule has 0 saturated carbocycles. The normalized spacial score (nSPS) is 12.1. The molecule has 0 saturated heterocycles. The fourth-order valence-electron chi connectivity index (χ4n) is 3.09. The molecule has 1 aliphatic heterocycles. The summed E-state index contributed by atoms with van der Waals surface area (Å²) in [7, 11) is 0. The molecular formula is C21H24N4O6. The molecule has 2 aromatic rings. The van der Waals surface area contributed by atoms with Crippen LogP contribution < -0.4 is 5.32 Å². The van der Waals surface area contributed by atoms with E-state index in [1.165, 1.54) is 32.0 Å². The summed E-state index contributed by atoms with van der Waals surface area (Å²) >= 11 is 0. The minimum Gasteiger partial charge on any atom is -0.356 e. The van der Waals surface area contributed by atoms with Crippen molar-refractivity contribution in [2.24, 2.45) is 0 Å². The van der Waals surface area contributed by atoms with Gasteiger partial charge in [-0.3, -0.25) is 29.8 Å². The van der Waals surface area contributed by atoms with Crippen molar-refractivity contribution in [1.82, 2.24) is 10.2 Å². The Morgan fingerprint density at radius 1 is 0.968 bits per heavy atom. The molecule has 10 nitrogen and oxygen atoms in total. The zero-order chi connectivity index (χ0) is 23.0. The maximum absolute atomic E-state index is 11.2. The van der Waals surface area contributed by atoms with Crippen LogP contribution in [0.3, 0.4) is 0 Å². The number of benzene rings is 2. The Bertz CT molecular complexity index is 974. The van der Waals surface area contributed by atoms with Crippen LogP contribution in [0, 0.1) is 20.2 Å². The van der Waals surface area contributed by atoms with E-state index in [1.54, 1.807) is 29.2 Å². The number of nitro groups is 2. The summed E-state index contributed by atoms with van der Waals surface area (Å²) in [5, 5.41) is 23.6. The highest BCUT2D eigenvalue weighted by molar-refractivity contribution is 5.73. The number of nitrogens with zero attached hydrogens (tertiary/aromatic N) is 3. The Morgan fingerprint density at radius 3 is 2.13 bits per heavy atom. The number of nitro benzene ring substituents is 2. The molecule has 1 aliphatic rings. The smallest absolute Gasteiger partial charge is 0.269 e. The third-order valence-corrected chi connectivity index (χ3v) is 4.79. The number of nitrogens with one attached hydrogen (secondary N) is 1. The number of fused-ring (bicyclic) bond motifs is 1. The van der Waals surface area contributed by atoms with Gasteiger partial charge in [0, 0.05) is 57.7 Å². The van der Waals surface area contributed by atoms with Gasteiger partial charge in [-0.15, -0.1) is 0 Å². The van der Waals surface area contributed by atoms with Gasteiger partial charge in [0.15, 0.2) is 0 Å². The number of non-ortho nitro benzene ring substituents is 2. The zero-order valence-electron chi connectivity index (χ0n) is 17.4. The highest BCUT2D eigenvalue weighted by Gasteiger charge is 2.20. The number of hydrogen-bond donors (Lipinski definition) is 1. The molecule has 2 amide bonds. The van der Waals surface area contributed by atoms with E-state index in [0.717, 1.165) is 23.1 Å². The van der Waals surface area contributed by atoms with Crippen LogP contribution in [-0.4, -0.2) is 39.7 Å².